The van der Waals surface area contributed by atoms with Crippen LogP contribution in [0, 0.1) is 0 Å². The Morgan fingerprint density at radius 1 is 1.14 bits per heavy atom. The number of aromatic nitrogens is 1. The zero-order valence-corrected chi connectivity index (χ0v) is 18.5. The summed E-state index contributed by atoms with van der Waals surface area (Å²) in [6.07, 6.45) is 6.20. The molecule has 0 saturated carbocycles. The van der Waals surface area contributed by atoms with Crippen LogP contribution in [0.25, 0.3) is 10.9 Å². The van der Waals surface area contributed by atoms with Crippen LogP contribution < -0.4 is 17.0 Å². The molecule has 1 aromatic heterocycles. The number of aromatic amines is 1. The lowest BCUT2D eigenvalue weighted by molar-refractivity contribution is -0.00000792. The van der Waals surface area contributed by atoms with Crippen LogP contribution in [0.4, 0.5) is 0 Å². The normalized spacial score (nSPS) is 17.7. The van der Waals surface area contributed by atoms with Gasteiger partial charge in [0.15, 0.2) is 9.84 Å². The lowest BCUT2D eigenvalue weighted by Gasteiger charge is -2.18. The Labute approximate surface area is 177 Å². The number of hydrogen-bond acceptors (Lipinski definition) is 3. The van der Waals surface area contributed by atoms with Crippen molar-refractivity contribution in [3.05, 3.63) is 65.9 Å². The Hall–Kier alpha value is -1.63. The number of H-pyrrole nitrogens is 1. The number of nitrogens with zero attached hydrogens (tertiary/aromatic N) is 1. The standard InChI is InChI=1S/C22H26N2O2S.BrH/c1-24-12-5-6-19(24)15-18-16-23-22-10-9-17(14-21(18)22)11-13-27(25,26)20-7-3-2-4-8-20;/h2-4,7-10,14,16,19,23H,5-6,11-13,15H2,1H3;1H/p-1. The average Bonchev–Trinajstić information content (AvgIpc) is 3.27. The van der Waals surface area contributed by atoms with Gasteiger partial charge in [0.2, 0.25) is 0 Å². The molecule has 1 saturated heterocycles. The molecule has 6 heteroatoms. The molecule has 2 heterocycles. The number of nitrogens with one attached hydrogen (secondary N) is 1. The van der Waals surface area contributed by atoms with E-state index in [2.05, 4.69) is 35.3 Å². The second kappa shape index (κ2) is 8.80. The van der Waals surface area contributed by atoms with Gasteiger partial charge >= 0.3 is 0 Å². The summed E-state index contributed by atoms with van der Waals surface area (Å²) in [6.45, 7) is 1.18. The molecule has 4 nitrogen and oxygen atoms in total. The first-order valence-electron chi connectivity index (χ1n) is 9.60. The van der Waals surface area contributed by atoms with Crippen molar-refractivity contribution < 1.29 is 25.4 Å². The molecule has 0 bridgehead atoms. The first kappa shape index (κ1) is 21.1. The Bertz CT molecular complexity index is 1030. The second-order valence-corrected chi connectivity index (χ2v) is 9.67. The summed E-state index contributed by atoms with van der Waals surface area (Å²) in [5.74, 6) is 0.133. The van der Waals surface area contributed by atoms with Crippen molar-refractivity contribution in [1.82, 2.24) is 9.88 Å². The molecule has 150 valence electrons. The molecule has 0 aliphatic carbocycles. The van der Waals surface area contributed by atoms with Crippen LogP contribution in [0.3, 0.4) is 0 Å². The number of rotatable bonds is 6. The number of likely N-dealkylation sites (N-methyl/N-ethyl adjacent to an activating group) is 1. The first-order chi connectivity index (χ1) is 13.0. The summed E-state index contributed by atoms with van der Waals surface area (Å²) in [6, 6.07) is 15.6. The number of sulfone groups is 1. The minimum atomic E-state index is -3.25. The zero-order valence-electron chi connectivity index (χ0n) is 16.1. The fourth-order valence-electron chi connectivity index (χ4n) is 4.04. The molecular formula is C22H26BrN2O2S-. The number of hydrogen-bond donors (Lipinski definition) is 1. The Morgan fingerprint density at radius 2 is 1.93 bits per heavy atom. The van der Waals surface area contributed by atoms with Crippen LogP contribution in [0.1, 0.15) is 24.0 Å². The minimum absolute atomic E-state index is 0. The Morgan fingerprint density at radius 3 is 2.64 bits per heavy atom. The number of aryl methyl sites for hydroxylation is 1. The average molecular weight is 462 g/mol. The largest absolute Gasteiger partial charge is 1.00 e. The molecule has 1 fully saturated rings. The van der Waals surface area contributed by atoms with Gasteiger partial charge in [-0.1, -0.05) is 24.3 Å². The molecule has 1 atom stereocenters. The van der Waals surface area contributed by atoms with Gasteiger partial charge in [0.25, 0.3) is 0 Å². The number of halogens is 1. The van der Waals surface area contributed by atoms with E-state index in [9.17, 15) is 8.42 Å². The van der Waals surface area contributed by atoms with Gasteiger partial charge in [-0.05, 0) is 74.7 Å². The maximum Gasteiger partial charge on any atom is 0.178 e. The molecule has 1 unspecified atom stereocenters. The molecule has 1 N–H and O–H groups in total. The molecular weight excluding hydrogens is 436 g/mol. The molecule has 1 aliphatic heterocycles. The first-order valence-corrected chi connectivity index (χ1v) is 11.2. The molecule has 0 amide bonds. The van der Waals surface area contributed by atoms with E-state index in [1.807, 2.05) is 12.1 Å². The number of likely N-dealkylation sites (tertiary alicyclic amines) is 1. The topological polar surface area (TPSA) is 53.2 Å². The van der Waals surface area contributed by atoms with E-state index in [-0.39, 0.29) is 22.7 Å². The quantitative estimate of drug-likeness (QED) is 0.591. The van der Waals surface area contributed by atoms with Crippen molar-refractivity contribution in [2.45, 2.75) is 36.6 Å². The summed E-state index contributed by atoms with van der Waals surface area (Å²) in [7, 11) is -1.05. The summed E-state index contributed by atoms with van der Waals surface area (Å²) in [5, 5.41) is 1.23. The van der Waals surface area contributed by atoms with Gasteiger partial charge < -0.3 is 26.9 Å². The third-order valence-corrected chi connectivity index (χ3v) is 7.45. The summed E-state index contributed by atoms with van der Waals surface area (Å²) < 4.78 is 25.1. The highest BCUT2D eigenvalue weighted by Crippen LogP contribution is 2.26. The van der Waals surface area contributed by atoms with Crippen molar-refractivity contribution in [3.63, 3.8) is 0 Å². The predicted molar refractivity (Wildman–Crippen MR) is 110 cm³/mol. The maximum absolute atomic E-state index is 12.5. The van der Waals surface area contributed by atoms with Gasteiger partial charge in [-0.3, -0.25) is 0 Å². The summed E-state index contributed by atoms with van der Waals surface area (Å²) in [5.41, 5.74) is 3.53. The highest BCUT2D eigenvalue weighted by molar-refractivity contribution is 7.91. The van der Waals surface area contributed by atoms with Crippen molar-refractivity contribution in [1.29, 1.82) is 0 Å². The molecule has 2 aromatic carbocycles. The van der Waals surface area contributed by atoms with Crippen molar-refractivity contribution in [3.8, 4) is 0 Å². The monoisotopic (exact) mass is 461 g/mol. The van der Waals surface area contributed by atoms with Crippen LogP contribution in [0.2, 0.25) is 0 Å². The molecule has 4 rings (SSSR count). The van der Waals surface area contributed by atoms with Gasteiger partial charge in [-0.25, -0.2) is 8.42 Å². The van der Waals surface area contributed by atoms with Gasteiger partial charge in [0.1, 0.15) is 0 Å². The van der Waals surface area contributed by atoms with Gasteiger partial charge in [-0.15, -0.1) is 0 Å². The smallest absolute Gasteiger partial charge is 0.178 e. The predicted octanol–water partition coefficient (Wildman–Crippen LogP) is 0.825. The third-order valence-electron chi connectivity index (χ3n) is 5.72. The zero-order chi connectivity index (χ0) is 18.9. The van der Waals surface area contributed by atoms with Gasteiger partial charge in [0, 0.05) is 23.1 Å². The SMILES string of the molecule is CN1CCCC1Cc1c[nH]c2ccc(CCS(=O)(=O)c3ccccc3)cc12.[Br-]. The summed E-state index contributed by atoms with van der Waals surface area (Å²) in [4.78, 5) is 6.21. The van der Waals surface area contributed by atoms with E-state index >= 15 is 0 Å². The van der Waals surface area contributed by atoms with E-state index < -0.39 is 9.84 Å². The summed E-state index contributed by atoms with van der Waals surface area (Å²) >= 11 is 0. The molecule has 0 spiro atoms. The van der Waals surface area contributed by atoms with Crippen LogP contribution >= 0.6 is 0 Å². The minimum Gasteiger partial charge on any atom is -1.00 e. The Kier molecular flexibility index (Phi) is 6.63. The van der Waals surface area contributed by atoms with Crippen molar-refractivity contribution in [2.24, 2.45) is 0 Å². The van der Waals surface area contributed by atoms with E-state index in [0.29, 0.717) is 17.4 Å². The van der Waals surface area contributed by atoms with E-state index in [1.54, 1.807) is 24.3 Å². The lowest BCUT2D eigenvalue weighted by Crippen LogP contribution is -3.00. The van der Waals surface area contributed by atoms with E-state index in [4.69, 9.17) is 0 Å². The number of fused-ring (bicyclic) bond motifs is 1. The van der Waals surface area contributed by atoms with Crippen molar-refractivity contribution in [2.75, 3.05) is 19.3 Å². The van der Waals surface area contributed by atoms with Crippen LogP contribution in [-0.2, 0) is 22.7 Å². The highest BCUT2D eigenvalue weighted by Gasteiger charge is 2.22. The van der Waals surface area contributed by atoms with Crippen LogP contribution in [-0.4, -0.2) is 43.7 Å². The van der Waals surface area contributed by atoms with E-state index in [1.165, 1.54) is 30.3 Å². The van der Waals surface area contributed by atoms with Crippen molar-refractivity contribution >= 4 is 20.7 Å². The molecule has 28 heavy (non-hydrogen) atoms. The lowest BCUT2D eigenvalue weighted by atomic mass is 10.0. The number of benzene rings is 2. The van der Waals surface area contributed by atoms with Crippen LogP contribution in [0.5, 0.6) is 0 Å². The fraction of sp³-hybridized carbons (Fsp3) is 0.364. The highest BCUT2D eigenvalue weighted by atomic mass is 79.9. The third kappa shape index (κ3) is 4.50. The fourth-order valence-corrected chi connectivity index (χ4v) is 5.35. The van der Waals surface area contributed by atoms with Gasteiger partial charge in [0.05, 0.1) is 10.6 Å². The molecule has 0 radical (unpaired) electrons. The molecule has 1 aliphatic rings. The van der Waals surface area contributed by atoms with E-state index in [0.717, 1.165) is 17.5 Å². The van der Waals surface area contributed by atoms with Gasteiger partial charge in [-0.2, -0.15) is 0 Å². The second-order valence-electron chi connectivity index (χ2n) is 7.56. The maximum atomic E-state index is 12.5. The Balaban J connectivity index is 0.00000225. The van der Waals surface area contributed by atoms with Crippen LogP contribution in [0.15, 0.2) is 59.6 Å². The molecule has 3 aromatic rings.